The zero-order valence-electron chi connectivity index (χ0n) is 14.9. The number of benzene rings is 2. The molecule has 2 aliphatic heterocycles. The van der Waals surface area contributed by atoms with Crippen molar-refractivity contribution in [2.75, 3.05) is 25.4 Å². The van der Waals surface area contributed by atoms with E-state index in [9.17, 15) is 9.59 Å². The summed E-state index contributed by atoms with van der Waals surface area (Å²) in [6.07, 6.45) is 1.60. The van der Waals surface area contributed by atoms with Gasteiger partial charge in [-0.15, -0.1) is 11.8 Å². The monoisotopic (exact) mass is 400 g/mol. The smallest absolute Gasteiger partial charge is 0.254 e. The first kappa shape index (κ1) is 18.4. The summed E-state index contributed by atoms with van der Waals surface area (Å²) in [7, 11) is 0. The van der Waals surface area contributed by atoms with E-state index in [1.165, 1.54) is 0 Å². The van der Waals surface area contributed by atoms with Crippen LogP contribution in [-0.4, -0.2) is 51.9 Å². The summed E-state index contributed by atoms with van der Waals surface area (Å²) in [5, 5.41) is 0.626. The van der Waals surface area contributed by atoms with Gasteiger partial charge in [0.05, 0.1) is 4.87 Å². The Bertz CT molecular complexity index is 833. The fraction of sp³-hybridized carbons (Fsp3) is 0.333. The third kappa shape index (κ3) is 3.58. The molecule has 2 saturated heterocycles. The molecule has 0 aliphatic carbocycles. The summed E-state index contributed by atoms with van der Waals surface area (Å²) >= 11 is 7.77. The van der Waals surface area contributed by atoms with E-state index >= 15 is 0 Å². The van der Waals surface area contributed by atoms with Gasteiger partial charge in [-0.1, -0.05) is 29.8 Å². The van der Waals surface area contributed by atoms with Crippen molar-refractivity contribution in [3.8, 4) is 0 Å². The molecule has 0 N–H and O–H groups in total. The summed E-state index contributed by atoms with van der Waals surface area (Å²) in [5.74, 6) is 1.08. The third-order valence-electron chi connectivity index (χ3n) is 5.37. The molecule has 2 amide bonds. The predicted molar refractivity (Wildman–Crippen MR) is 109 cm³/mol. The lowest BCUT2D eigenvalue weighted by atomic mass is 10.00. The van der Waals surface area contributed by atoms with Crippen molar-refractivity contribution in [2.45, 2.75) is 17.7 Å². The quantitative estimate of drug-likeness (QED) is 0.759. The molecular weight excluding hydrogens is 380 g/mol. The molecule has 2 fully saturated rings. The van der Waals surface area contributed by atoms with Gasteiger partial charge in [-0.2, -0.15) is 0 Å². The van der Waals surface area contributed by atoms with Crippen LogP contribution in [0.1, 0.15) is 33.6 Å². The first-order chi connectivity index (χ1) is 13.1. The number of nitrogens with zero attached hydrogens (tertiary/aromatic N) is 2. The van der Waals surface area contributed by atoms with Gasteiger partial charge in [-0.3, -0.25) is 9.59 Å². The maximum atomic E-state index is 13.0. The van der Waals surface area contributed by atoms with Gasteiger partial charge < -0.3 is 9.80 Å². The average molecular weight is 401 g/mol. The lowest BCUT2D eigenvalue weighted by Gasteiger charge is -2.44. The highest BCUT2D eigenvalue weighted by Crippen LogP contribution is 2.44. The number of carbonyl (C=O) groups is 2. The SMILES string of the molecule is O=C(c1ccc(Cl)cc1)N1CCC2(CC1)SCCN2C(=O)c1ccccc1. The van der Waals surface area contributed by atoms with E-state index in [0.717, 1.165) is 30.7 Å². The van der Waals surface area contributed by atoms with Crippen molar-refractivity contribution in [1.29, 1.82) is 0 Å². The van der Waals surface area contributed by atoms with E-state index in [1.54, 1.807) is 24.3 Å². The summed E-state index contributed by atoms with van der Waals surface area (Å²) in [6.45, 7) is 2.09. The average Bonchev–Trinajstić information content (AvgIpc) is 3.11. The molecule has 0 atom stereocenters. The molecule has 6 heteroatoms. The maximum absolute atomic E-state index is 13.0. The topological polar surface area (TPSA) is 40.6 Å². The van der Waals surface area contributed by atoms with E-state index in [1.807, 2.05) is 51.9 Å². The van der Waals surface area contributed by atoms with E-state index in [2.05, 4.69) is 0 Å². The van der Waals surface area contributed by atoms with E-state index in [0.29, 0.717) is 23.7 Å². The van der Waals surface area contributed by atoms with Gasteiger partial charge in [-0.25, -0.2) is 0 Å². The number of piperidine rings is 1. The first-order valence-electron chi connectivity index (χ1n) is 9.15. The molecule has 0 unspecified atom stereocenters. The highest BCUT2D eigenvalue weighted by Gasteiger charge is 2.47. The van der Waals surface area contributed by atoms with Crippen LogP contribution in [0.4, 0.5) is 0 Å². The number of carbonyl (C=O) groups excluding carboxylic acids is 2. The third-order valence-corrected chi connectivity index (χ3v) is 7.17. The van der Waals surface area contributed by atoms with Crippen LogP contribution in [0.2, 0.25) is 5.02 Å². The second-order valence-electron chi connectivity index (χ2n) is 6.92. The zero-order valence-corrected chi connectivity index (χ0v) is 16.5. The van der Waals surface area contributed by atoms with Gasteiger partial charge in [0.2, 0.25) is 0 Å². The molecule has 27 heavy (non-hydrogen) atoms. The molecule has 0 bridgehead atoms. The van der Waals surface area contributed by atoms with Gasteiger partial charge >= 0.3 is 0 Å². The molecule has 2 aromatic rings. The lowest BCUT2D eigenvalue weighted by Crippen LogP contribution is -2.53. The summed E-state index contributed by atoms with van der Waals surface area (Å²) in [4.78, 5) is 29.5. The Morgan fingerprint density at radius 3 is 2.15 bits per heavy atom. The molecule has 2 heterocycles. The molecule has 2 aliphatic rings. The normalized spacial score (nSPS) is 18.7. The van der Waals surface area contributed by atoms with Crippen molar-refractivity contribution in [3.05, 3.63) is 70.7 Å². The standard InChI is InChI=1S/C21H21ClN2O2S/c22-18-8-6-17(7-9-18)19(25)23-12-10-21(11-13-23)24(14-15-27-21)20(26)16-4-2-1-3-5-16/h1-9H,10-15H2. The second-order valence-corrected chi connectivity index (χ2v) is 8.81. The van der Waals surface area contributed by atoms with Crippen molar-refractivity contribution in [2.24, 2.45) is 0 Å². The Balaban J connectivity index is 1.46. The van der Waals surface area contributed by atoms with Crippen molar-refractivity contribution < 1.29 is 9.59 Å². The molecule has 0 radical (unpaired) electrons. The Morgan fingerprint density at radius 1 is 0.852 bits per heavy atom. The molecule has 0 saturated carbocycles. The summed E-state index contributed by atoms with van der Waals surface area (Å²) in [6, 6.07) is 16.5. The largest absolute Gasteiger partial charge is 0.338 e. The Morgan fingerprint density at radius 2 is 1.48 bits per heavy atom. The molecule has 4 nitrogen and oxygen atoms in total. The maximum Gasteiger partial charge on any atom is 0.254 e. The Labute approximate surface area is 168 Å². The van der Waals surface area contributed by atoms with E-state index in [-0.39, 0.29) is 16.7 Å². The number of likely N-dealkylation sites (tertiary alicyclic amines) is 1. The van der Waals surface area contributed by atoms with Gasteiger partial charge in [-0.05, 0) is 49.2 Å². The molecule has 2 aromatic carbocycles. The number of halogens is 1. The van der Waals surface area contributed by atoms with Crippen LogP contribution in [-0.2, 0) is 0 Å². The minimum absolute atomic E-state index is 0.0328. The van der Waals surface area contributed by atoms with Gasteiger partial charge in [0.25, 0.3) is 11.8 Å². The van der Waals surface area contributed by atoms with Crippen LogP contribution in [0.25, 0.3) is 0 Å². The van der Waals surface area contributed by atoms with Crippen LogP contribution in [0, 0.1) is 0 Å². The Kier molecular flexibility index (Phi) is 5.15. The van der Waals surface area contributed by atoms with Crippen LogP contribution in [0.3, 0.4) is 0 Å². The molecule has 4 rings (SSSR count). The molecule has 140 valence electrons. The number of hydrogen-bond acceptors (Lipinski definition) is 3. The number of rotatable bonds is 2. The second kappa shape index (κ2) is 7.56. The highest BCUT2D eigenvalue weighted by atomic mass is 35.5. The molecule has 0 aromatic heterocycles. The predicted octanol–water partition coefficient (Wildman–Crippen LogP) is 4.16. The first-order valence-corrected chi connectivity index (χ1v) is 10.5. The van der Waals surface area contributed by atoms with Crippen molar-refractivity contribution in [3.63, 3.8) is 0 Å². The molecular formula is C21H21ClN2O2S. The fourth-order valence-corrected chi connectivity index (χ4v) is 5.46. The van der Waals surface area contributed by atoms with E-state index < -0.39 is 0 Å². The fourth-order valence-electron chi connectivity index (χ4n) is 3.88. The van der Waals surface area contributed by atoms with Crippen LogP contribution in [0.5, 0.6) is 0 Å². The minimum Gasteiger partial charge on any atom is -0.338 e. The van der Waals surface area contributed by atoms with Gasteiger partial charge in [0.1, 0.15) is 0 Å². The lowest BCUT2D eigenvalue weighted by molar-refractivity contribution is 0.0498. The van der Waals surface area contributed by atoms with E-state index in [4.69, 9.17) is 11.6 Å². The number of thioether (sulfide) groups is 1. The molecule has 1 spiro atoms. The van der Waals surface area contributed by atoms with Crippen molar-refractivity contribution in [1.82, 2.24) is 9.80 Å². The number of amides is 2. The Hall–Kier alpha value is -1.98. The highest BCUT2D eigenvalue weighted by molar-refractivity contribution is 8.00. The zero-order chi connectivity index (χ0) is 18.9. The van der Waals surface area contributed by atoms with Crippen molar-refractivity contribution >= 4 is 35.2 Å². The van der Waals surface area contributed by atoms with Gasteiger partial charge in [0.15, 0.2) is 0 Å². The summed E-state index contributed by atoms with van der Waals surface area (Å²) in [5.41, 5.74) is 1.39. The van der Waals surface area contributed by atoms with Crippen LogP contribution < -0.4 is 0 Å². The number of hydrogen-bond donors (Lipinski definition) is 0. The summed E-state index contributed by atoms with van der Waals surface area (Å²) < 4.78 is 0. The van der Waals surface area contributed by atoms with Crippen LogP contribution in [0.15, 0.2) is 54.6 Å². The minimum atomic E-state index is -0.191. The van der Waals surface area contributed by atoms with Crippen LogP contribution >= 0.6 is 23.4 Å². The van der Waals surface area contributed by atoms with Gasteiger partial charge in [0, 0.05) is 41.5 Å².